The number of rotatable bonds is 8. The van der Waals surface area contributed by atoms with Crippen LogP contribution in [0.15, 0.2) is 242 Å². The fourth-order valence-corrected chi connectivity index (χ4v) is 10.4. The van der Waals surface area contributed by atoms with Crippen molar-refractivity contribution in [2.24, 2.45) is 23.9 Å². The molecule has 4 nitrogen and oxygen atoms in total. The van der Waals surface area contributed by atoms with Gasteiger partial charge in [0.1, 0.15) is 5.82 Å². The molecule has 0 amide bonds. The summed E-state index contributed by atoms with van der Waals surface area (Å²) in [5, 5.41) is 7.72. The Morgan fingerprint density at radius 1 is 0.623 bits per heavy atom. The summed E-state index contributed by atoms with van der Waals surface area (Å²) < 4.78 is 6.97. The van der Waals surface area contributed by atoms with Crippen LogP contribution in [-0.2, 0) is 13.5 Å². The van der Waals surface area contributed by atoms with Gasteiger partial charge in [0.15, 0.2) is 0 Å². The van der Waals surface area contributed by atoms with Crippen LogP contribution in [0, 0.1) is 11.8 Å². The highest BCUT2D eigenvalue weighted by Gasteiger charge is 2.33. The van der Waals surface area contributed by atoms with Crippen molar-refractivity contribution in [3.8, 4) is 0 Å². The van der Waals surface area contributed by atoms with Crippen LogP contribution in [0.2, 0.25) is 6.82 Å². The summed E-state index contributed by atoms with van der Waals surface area (Å²) in [4.78, 5) is 4.40. The number of allylic oxidation sites excluding steroid dienone is 13. The van der Waals surface area contributed by atoms with E-state index in [2.05, 4.69) is 264 Å². The monoisotopic (exact) mass is 890 g/mol. The van der Waals surface area contributed by atoms with E-state index in [1.807, 2.05) is 12.1 Å². The fraction of sp³-hybridized carbons (Fsp3) is 0.109. The maximum atomic E-state index is 4.40. The molecule has 0 spiro atoms. The van der Waals surface area contributed by atoms with Gasteiger partial charge in [0.25, 0.3) is 0 Å². The lowest BCUT2D eigenvalue weighted by Gasteiger charge is -2.11. The minimum Gasteiger partial charge on any atom is -0.344 e. The number of hydrogen-bond acceptors (Lipinski definition) is 1. The zero-order valence-corrected chi connectivity index (χ0v) is 39.4. The smallest absolute Gasteiger partial charge is 0.206 e. The van der Waals surface area contributed by atoms with Crippen LogP contribution in [0.3, 0.4) is 0 Å². The molecule has 334 valence electrons. The number of aryl methyl sites for hydroxylation is 1. The van der Waals surface area contributed by atoms with E-state index in [-0.39, 0.29) is 0 Å². The summed E-state index contributed by atoms with van der Waals surface area (Å²) in [7, 11) is 2.16. The molecule has 2 atom stereocenters. The summed E-state index contributed by atoms with van der Waals surface area (Å²) in [6, 6.07) is 58.5. The van der Waals surface area contributed by atoms with Crippen LogP contribution in [0.25, 0.3) is 76.9 Å². The first kappa shape index (κ1) is 43.4. The van der Waals surface area contributed by atoms with E-state index >= 15 is 0 Å². The molecule has 2 unspecified atom stereocenters. The van der Waals surface area contributed by atoms with Crippen LogP contribution in [0.5, 0.6) is 0 Å². The average molecular weight is 891 g/mol. The van der Waals surface area contributed by atoms with Gasteiger partial charge in [0, 0.05) is 50.6 Å². The second-order valence-electron chi connectivity index (χ2n) is 18.3. The summed E-state index contributed by atoms with van der Waals surface area (Å²) in [6.07, 6.45) is 29.4. The average Bonchev–Trinajstić information content (AvgIpc) is 4.04. The predicted molar refractivity (Wildman–Crippen MR) is 300 cm³/mol. The zero-order valence-electron chi connectivity index (χ0n) is 39.4. The fourth-order valence-electron chi connectivity index (χ4n) is 10.4. The lowest BCUT2D eigenvalue weighted by atomic mass is 9.42. The lowest BCUT2D eigenvalue weighted by molar-refractivity contribution is 0.981. The van der Waals surface area contributed by atoms with Crippen LogP contribution in [-0.4, -0.2) is 27.1 Å². The van der Waals surface area contributed by atoms with Crippen molar-refractivity contribution in [3.63, 3.8) is 0 Å². The van der Waals surface area contributed by atoms with Gasteiger partial charge in [-0.1, -0.05) is 212 Å². The molecule has 0 radical (unpaired) electrons. The molecule has 1 saturated carbocycles. The van der Waals surface area contributed by atoms with Crippen molar-refractivity contribution in [1.29, 1.82) is 0 Å². The minimum atomic E-state index is 0.321. The predicted octanol–water partition coefficient (Wildman–Crippen LogP) is 14.9. The van der Waals surface area contributed by atoms with Gasteiger partial charge in [-0.05, 0) is 85.9 Å². The SMILES string of the molecule is C1=CC2CC2C=C1.C=N/C(=C\C=C/Cc1ccccc1)n1c2ccccc2c2cc(B(C)c3ccccc3)ccc21.Cn1c2ccccc2c2c1ccc1c3ccccc3n(C3=CCC=CC=C3)c12. The Hall–Kier alpha value is -8.15. The topological polar surface area (TPSA) is 27.1 Å². The maximum absolute atomic E-state index is 4.40. The molecule has 3 aromatic heterocycles. The quantitative estimate of drug-likeness (QED) is 0.0826. The van der Waals surface area contributed by atoms with Gasteiger partial charge in [-0.2, -0.15) is 0 Å². The molecule has 3 aliphatic carbocycles. The molecule has 0 aliphatic heterocycles. The minimum absolute atomic E-state index is 0.321. The molecule has 3 aliphatic rings. The van der Waals surface area contributed by atoms with Crippen molar-refractivity contribution >= 4 is 101 Å². The molecule has 0 saturated heterocycles. The zero-order chi connectivity index (χ0) is 46.7. The molecule has 0 N–H and O–H groups in total. The normalized spacial score (nSPS) is 16.1. The largest absolute Gasteiger partial charge is 0.344 e. The number of nitrogens with zero attached hydrogens (tertiary/aromatic N) is 4. The van der Waals surface area contributed by atoms with Crippen LogP contribution in [0.1, 0.15) is 18.4 Å². The van der Waals surface area contributed by atoms with Gasteiger partial charge in [-0.15, -0.1) is 0 Å². The van der Waals surface area contributed by atoms with Crippen LogP contribution < -0.4 is 10.9 Å². The molecule has 1 fully saturated rings. The van der Waals surface area contributed by atoms with Crippen LogP contribution in [0.4, 0.5) is 0 Å². The standard InChI is InChI=1S/C31H27BN2.C26H20N2.C7H8/c1-32(25-16-7-4-8-17-25)26-21-22-30-28(23-26)27-18-10-11-19-29(27)34(30)31(33-2)20-12-9-15-24-13-5-3-6-14-24;1-27-22-14-8-7-13-21(22)25-24(27)17-16-20-19-12-6-9-15-23(19)28(26(20)25)18-10-4-2-3-5-11-18;1-2-4-7-5-6(7)3-1/h3-14,16-23H,2,15H2,1H3;2-4,6-17H,5H2,1H3;1-4,6-7H,5H2/b12-9-,31-20+;;. The Labute approximate surface area is 405 Å². The first-order valence-electron chi connectivity index (χ1n) is 24.3. The van der Waals surface area contributed by atoms with Gasteiger partial charge in [0.2, 0.25) is 6.71 Å². The van der Waals surface area contributed by atoms with Gasteiger partial charge in [-0.3, -0.25) is 4.57 Å². The molecule has 0 bridgehead atoms. The van der Waals surface area contributed by atoms with Crippen molar-refractivity contribution in [2.45, 2.75) is 26.1 Å². The maximum Gasteiger partial charge on any atom is 0.206 e. The van der Waals surface area contributed by atoms with E-state index in [0.717, 1.165) is 41.5 Å². The van der Waals surface area contributed by atoms with E-state index < -0.39 is 0 Å². The Morgan fingerprint density at radius 3 is 2.00 bits per heavy atom. The van der Waals surface area contributed by atoms with E-state index in [0.29, 0.717) is 6.71 Å². The molecule has 10 aromatic rings. The van der Waals surface area contributed by atoms with Crippen molar-refractivity contribution in [3.05, 3.63) is 242 Å². The highest BCUT2D eigenvalue weighted by atomic mass is 15.1. The van der Waals surface area contributed by atoms with E-state index in [1.54, 1.807) is 0 Å². The number of aromatic nitrogens is 3. The molecular formula is C64H55BN4. The number of para-hydroxylation sites is 3. The third-order valence-electron chi connectivity index (χ3n) is 14.1. The van der Waals surface area contributed by atoms with Crippen molar-refractivity contribution < 1.29 is 0 Å². The van der Waals surface area contributed by atoms with E-state index in [1.165, 1.54) is 83.0 Å². The Morgan fingerprint density at radius 2 is 1.26 bits per heavy atom. The summed E-state index contributed by atoms with van der Waals surface area (Å²) in [6.45, 7) is 6.47. The molecular weight excluding hydrogens is 836 g/mol. The summed E-state index contributed by atoms with van der Waals surface area (Å²) in [5.74, 6) is 2.69. The van der Waals surface area contributed by atoms with Crippen LogP contribution >= 0.6 is 0 Å². The summed E-state index contributed by atoms with van der Waals surface area (Å²) >= 11 is 0. The van der Waals surface area contributed by atoms with Crippen molar-refractivity contribution in [1.82, 2.24) is 13.7 Å². The van der Waals surface area contributed by atoms with Gasteiger partial charge >= 0.3 is 0 Å². The molecule has 5 heteroatoms. The highest BCUT2D eigenvalue weighted by Crippen LogP contribution is 2.43. The molecule has 3 heterocycles. The first-order valence-corrected chi connectivity index (χ1v) is 24.3. The second kappa shape index (κ2) is 19.2. The van der Waals surface area contributed by atoms with E-state index in [4.69, 9.17) is 0 Å². The van der Waals surface area contributed by atoms with Crippen molar-refractivity contribution in [2.75, 3.05) is 0 Å². The number of benzene rings is 7. The molecule has 69 heavy (non-hydrogen) atoms. The lowest BCUT2D eigenvalue weighted by Crippen LogP contribution is -2.38. The first-order chi connectivity index (χ1) is 34.1. The summed E-state index contributed by atoms with van der Waals surface area (Å²) in [5.41, 5.74) is 12.5. The van der Waals surface area contributed by atoms with Gasteiger partial charge in [-0.25, -0.2) is 4.99 Å². The van der Waals surface area contributed by atoms with Gasteiger partial charge in [0.05, 0.1) is 27.6 Å². The Balaban J connectivity index is 0.000000133. The Kier molecular flexibility index (Phi) is 12.1. The third-order valence-corrected chi connectivity index (χ3v) is 14.1. The van der Waals surface area contributed by atoms with Gasteiger partial charge < -0.3 is 9.13 Å². The Bertz CT molecular complexity index is 3740. The van der Waals surface area contributed by atoms with E-state index in [9.17, 15) is 0 Å². The number of hydrogen-bond donors (Lipinski definition) is 0. The molecule has 7 aromatic carbocycles. The molecule has 13 rings (SSSR count). The third kappa shape index (κ3) is 8.46. The highest BCUT2D eigenvalue weighted by molar-refractivity contribution is 6.84. The number of fused-ring (bicyclic) bond motifs is 11. The number of aliphatic imine (C=N–C) groups is 1. The second-order valence-corrected chi connectivity index (χ2v) is 18.3.